The number of nitrogens with zero attached hydrogens (tertiary/aromatic N) is 5. The third kappa shape index (κ3) is 3.45. The van der Waals surface area contributed by atoms with Gasteiger partial charge in [-0.25, -0.2) is 9.79 Å². The number of hydrogen-bond donors (Lipinski definition) is 0. The van der Waals surface area contributed by atoms with E-state index in [0.717, 1.165) is 61.3 Å². The van der Waals surface area contributed by atoms with Gasteiger partial charge in [-0.2, -0.15) is 0 Å². The van der Waals surface area contributed by atoms with Gasteiger partial charge in [-0.3, -0.25) is 14.0 Å². The molecule has 0 saturated carbocycles. The van der Waals surface area contributed by atoms with Gasteiger partial charge in [0.1, 0.15) is 10.5 Å². The molecule has 0 bridgehead atoms. The number of aliphatic imine (C=N–C) groups is 1. The predicted molar refractivity (Wildman–Crippen MR) is 98.7 cm³/mol. The van der Waals surface area contributed by atoms with E-state index in [1.165, 1.54) is 4.57 Å². The molecular formula is C15H23N5OS2. The molecule has 0 spiro atoms. The molecule has 1 aromatic heterocycles. The zero-order valence-electron chi connectivity index (χ0n) is 13.9. The molecule has 3 rings (SSSR count). The summed E-state index contributed by atoms with van der Waals surface area (Å²) in [5.41, 5.74) is 0.896. The summed E-state index contributed by atoms with van der Waals surface area (Å²) < 4.78 is 3.74. The fourth-order valence-corrected chi connectivity index (χ4v) is 4.18. The minimum atomic E-state index is -0.110. The summed E-state index contributed by atoms with van der Waals surface area (Å²) in [6, 6.07) is 0. The van der Waals surface area contributed by atoms with Crippen molar-refractivity contribution in [2.75, 3.05) is 45.5 Å². The molecule has 2 aliphatic rings. The molecule has 0 aromatic carbocycles. The molecule has 2 aliphatic heterocycles. The molecule has 126 valence electrons. The zero-order chi connectivity index (χ0) is 16.6. The van der Waals surface area contributed by atoms with Crippen LogP contribution in [0.5, 0.6) is 0 Å². The molecule has 0 aliphatic carbocycles. The van der Waals surface area contributed by atoms with Crippen LogP contribution in [0.25, 0.3) is 0 Å². The van der Waals surface area contributed by atoms with E-state index >= 15 is 0 Å². The van der Waals surface area contributed by atoms with Crippen molar-refractivity contribution < 1.29 is 0 Å². The van der Waals surface area contributed by atoms with Gasteiger partial charge < -0.3 is 4.90 Å². The molecule has 0 unspecified atom stereocenters. The quantitative estimate of drug-likeness (QED) is 0.759. The first-order chi connectivity index (χ1) is 11.0. The summed E-state index contributed by atoms with van der Waals surface area (Å²) in [4.78, 5) is 21.6. The largest absolute Gasteiger partial charge is 0.330 e. The van der Waals surface area contributed by atoms with Crippen LogP contribution in [-0.2, 0) is 20.5 Å². The number of thioether (sulfide) groups is 1. The molecule has 8 heteroatoms. The molecule has 6 nitrogen and oxygen atoms in total. The Kier molecular flexibility index (Phi) is 5.05. The lowest BCUT2D eigenvalue weighted by atomic mass is 10.2. The van der Waals surface area contributed by atoms with Gasteiger partial charge in [0.25, 0.3) is 0 Å². The predicted octanol–water partition coefficient (Wildman–Crippen LogP) is 1.02. The van der Waals surface area contributed by atoms with E-state index in [4.69, 9.17) is 12.2 Å². The van der Waals surface area contributed by atoms with Gasteiger partial charge in [-0.05, 0) is 7.05 Å². The highest BCUT2D eigenvalue weighted by atomic mass is 32.2. The summed E-state index contributed by atoms with van der Waals surface area (Å²) in [7, 11) is 5.66. The Morgan fingerprint density at radius 1 is 1.13 bits per heavy atom. The summed E-state index contributed by atoms with van der Waals surface area (Å²) in [5, 5.41) is 1.07. The molecular weight excluding hydrogens is 330 g/mol. The molecule has 1 aromatic rings. The van der Waals surface area contributed by atoms with Crippen LogP contribution < -0.4 is 5.69 Å². The lowest BCUT2D eigenvalue weighted by molar-refractivity contribution is 0.161. The van der Waals surface area contributed by atoms with Crippen LogP contribution in [0.4, 0.5) is 5.82 Å². The second-order valence-corrected chi connectivity index (χ2v) is 7.74. The van der Waals surface area contributed by atoms with Crippen molar-refractivity contribution >= 4 is 34.8 Å². The molecule has 0 radical (unpaired) electrons. The van der Waals surface area contributed by atoms with Crippen LogP contribution in [0.3, 0.4) is 0 Å². The third-order valence-electron chi connectivity index (χ3n) is 4.55. The first-order valence-corrected chi connectivity index (χ1v) is 9.27. The number of hydrogen-bond acceptors (Lipinski definition) is 6. The average Bonchev–Trinajstić information content (AvgIpc) is 2.97. The fraction of sp³-hybridized carbons (Fsp3) is 0.667. The van der Waals surface area contributed by atoms with Crippen molar-refractivity contribution in [2.24, 2.45) is 19.1 Å². The normalized spacial score (nSPS) is 19.0. The minimum Gasteiger partial charge on any atom is -0.304 e. The molecule has 0 amide bonds. The molecule has 3 heterocycles. The fourth-order valence-electron chi connectivity index (χ4n) is 2.96. The topological polar surface area (TPSA) is 45.8 Å². The summed E-state index contributed by atoms with van der Waals surface area (Å²) in [6.07, 6.45) is 0.754. The Hall–Kier alpha value is -0.960. The Morgan fingerprint density at radius 3 is 2.52 bits per heavy atom. The minimum absolute atomic E-state index is 0.110. The maximum absolute atomic E-state index is 12.1. The number of fused-ring (bicyclic) bond motifs is 1. The Balaban J connectivity index is 1.61. The van der Waals surface area contributed by atoms with Crippen LogP contribution in [0.2, 0.25) is 0 Å². The molecule has 0 atom stereocenters. The zero-order valence-corrected chi connectivity index (χ0v) is 15.5. The lowest BCUT2D eigenvalue weighted by Crippen LogP contribution is -2.45. The van der Waals surface area contributed by atoms with Gasteiger partial charge in [0.15, 0.2) is 0 Å². The van der Waals surface area contributed by atoms with E-state index in [-0.39, 0.29) is 5.69 Å². The molecule has 0 N–H and O–H groups in total. The third-order valence-corrected chi connectivity index (χ3v) is 6.03. The van der Waals surface area contributed by atoms with Crippen LogP contribution >= 0.6 is 24.0 Å². The SMILES string of the molecule is CN1CCN(CCSC2=Nc3c(c(=S)n(C)c(=O)n3C)C2)CC1. The van der Waals surface area contributed by atoms with Crippen molar-refractivity contribution in [3.05, 3.63) is 20.7 Å². The van der Waals surface area contributed by atoms with Gasteiger partial charge >= 0.3 is 5.69 Å². The van der Waals surface area contributed by atoms with Crippen molar-refractivity contribution in [2.45, 2.75) is 6.42 Å². The van der Waals surface area contributed by atoms with E-state index in [1.807, 2.05) is 0 Å². The number of piperazine rings is 1. The van der Waals surface area contributed by atoms with Crippen molar-refractivity contribution in [1.82, 2.24) is 18.9 Å². The van der Waals surface area contributed by atoms with Gasteiger partial charge in [-0.15, -0.1) is 11.8 Å². The average molecular weight is 354 g/mol. The van der Waals surface area contributed by atoms with Gasteiger partial charge in [0.05, 0.1) is 5.04 Å². The molecule has 1 saturated heterocycles. The van der Waals surface area contributed by atoms with Crippen LogP contribution in [-0.4, -0.2) is 69.5 Å². The van der Waals surface area contributed by atoms with Crippen molar-refractivity contribution in [1.29, 1.82) is 0 Å². The molecule has 23 heavy (non-hydrogen) atoms. The Morgan fingerprint density at radius 2 is 1.83 bits per heavy atom. The van der Waals surface area contributed by atoms with Crippen LogP contribution in [0, 0.1) is 4.64 Å². The number of rotatable bonds is 3. The van der Waals surface area contributed by atoms with E-state index in [2.05, 4.69) is 21.8 Å². The second kappa shape index (κ2) is 6.88. The Bertz CT molecular complexity index is 743. The van der Waals surface area contributed by atoms with Crippen molar-refractivity contribution in [3.8, 4) is 0 Å². The highest BCUT2D eigenvalue weighted by Crippen LogP contribution is 2.29. The summed E-state index contributed by atoms with van der Waals surface area (Å²) >= 11 is 7.19. The Labute approximate surface area is 145 Å². The summed E-state index contributed by atoms with van der Waals surface area (Å²) in [6.45, 7) is 5.67. The highest BCUT2D eigenvalue weighted by molar-refractivity contribution is 8.14. The second-order valence-electron chi connectivity index (χ2n) is 6.18. The van der Waals surface area contributed by atoms with Gasteiger partial charge in [0, 0.05) is 64.6 Å². The van der Waals surface area contributed by atoms with E-state index in [0.29, 0.717) is 4.64 Å². The number of aromatic nitrogens is 2. The molecule has 1 fully saturated rings. The maximum Gasteiger partial charge on any atom is 0.330 e. The van der Waals surface area contributed by atoms with Crippen LogP contribution in [0.1, 0.15) is 5.56 Å². The van der Waals surface area contributed by atoms with E-state index < -0.39 is 0 Å². The van der Waals surface area contributed by atoms with Crippen LogP contribution in [0.15, 0.2) is 9.79 Å². The lowest BCUT2D eigenvalue weighted by Gasteiger charge is -2.32. The van der Waals surface area contributed by atoms with E-state index in [1.54, 1.807) is 30.4 Å². The van der Waals surface area contributed by atoms with Gasteiger partial charge in [0.2, 0.25) is 0 Å². The monoisotopic (exact) mass is 353 g/mol. The van der Waals surface area contributed by atoms with Gasteiger partial charge in [-0.1, -0.05) is 12.2 Å². The first kappa shape index (κ1) is 16.9. The number of likely N-dealkylation sites (N-methyl/N-ethyl adjacent to an activating group) is 1. The van der Waals surface area contributed by atoms with Crippen molar-refractivity contribution in [3.63, 3.8) is 0 Å². The van der Waals surface area contributed by atoms with E-state index in [9.17, 15) is 4.79 Å². The maximum atomic E-state index is 12.1. The smallest absolute Gasteiger partial charge is 0.304 e. The summed E-state index contributed by atoms with van der Waals surface area (Å²) in [5.74, 6) is 1.77. The first-order valence-electron chi connectivity index (χ1n) is 7.87. The highest BCUT2D eigenvalue weighted by Gasteiger charge is 2.22. The standard InChI is InChI=1S/C15H23N5OS2/c1-17-4-6-20(7-5-17)8-9-23-12-10-11-13(16-12)18(2)15(21)19(3)14(11)22/h4-10H2,1-3H3.